The maximum Gasteiger partial charge on any atom is 0.174 e. The lowest BCUT2D eigenvalue weighted by Gasteiger charge is -2.17. The highest BCUT2D eigenvalue weighted by Crippen LogP contribution is 2.35. The highest BCUT2D eigenvalue weighted by atomic mass is 127. The predicted molar refractivity (Wildman–Crippen MR) is 129 cm³/mol. The highest BCUT2D eigenvalue weighted by molar-refractivity contribution is 14.1. The van der Waals surface area contributed by atoms with E-state index in [2.05, 4.69) is 71.2 Å². The van der Waals surface area contributed by atoms with Crippen LogP contribution in [0.1, 0.15) is 30.5 Å². The minimum absolute atomic E-state index is 0.400. The number of benzene rings is 3. The molecular weight excluding hydrogens is 497 g/mol. The molecule has 0 aliphatic heterocycles. The molecule has 3 rings (SSSR count). The van der Waals surface area contributed by atoms with Crippen molar-refractivity contribution in [2.45, 2.75) is 33.4 Å². The molecule has 0 heterocycles. The molecule has 0 amide bonds. The van der Waals surface area contributed by atoms with Gasteiger partial charge >= 0.3 is 0 Å². The third kappa shape index (κ3) is 5.80. The summed E-state index contributed by atoms with van der Waals surface area (Å²) in [6, 6.07) is 20.3. The van der Waals surface area contributed by atoms with Crippen LogP contribution in [0.15, 0.2) is 60.7 Å². The summed E-state index contributed by atoms with van der Waals surface area (Å²) in [6.45, 7) is 5.85. The monoisotopic (exact) mass is 521 g/mol. The molecular formula is C24H25ClINO2. The van der Waals surface area contributed by atoms with Crippen molar-refractivity contribution in [2.75, 3.05) is 11.9 Å². The SMILES string of the molecule is CCOc1cc(CNc2ccccc2CC)cc(I)c1OCc1ccccc1Cl. The number of ether oxygens (including phenoxy) is 2. The van der Waals surface area contributed by atoms with E-state index in [1.54, 1.807) is 0 Å². The van der Waals surface area contributed by atoms with E-state index in [1.807, 2.05) is 31.2 Å². The maximum atomic E-state index is 6.26. The topological polar surface area (TPSA) is 30.5 Å². The number of aryl methyl sites for hydroxylation is 1. The number of para-hydroxylation sites is 1. The van der Waals surface area contributed by atoms with Crippen LogP contribution in [-0.2, 0) is 19.6 Å². The van der Waals surface area contributed by atoms with Crippen molar-refractivity contribution in [1.82, 2.24) is 0 Å². The molecule has 0 aromatic heterocycles. The zero-order valence-electron chi connectivity index (χ0n) is 16.7. The van der Waals surface area contributed by atoms with Gasteiger partial charge in [0.2, 0.25) is 0 Å². The summed E-state index contributed by atoms with van der Waals surface area (Å²) in [5, 5.41) is 4.25. The van der Waals surface area contributed by atoms with Crippen LogP contribution < -0.4 is 14.8 Å². The number of rotatable bonds is 9. The van der Waals surface area contributed by atoms with Gasteiger partial charge in [0.05, 0.1) is 10.2 Å². The third-order valence-electron chi connectivity index (χ3n) is 4.58. The number of nitrogens with one attached hydrogen (secondary N) is 1. The van der Waals surface area contributed by atoms with Crippen molar-refractivity contribution < 1.29 is 9.47 Å². The lowest BCUT2D eigenvalue weighted by molar-refractivity contribution is 0.267. The van der Waals surface area contributed by atoms with Gasteiger partial charge in [0.1, 0.15) is 6.61 Å². The Balaban J connectivity index is 1.77. The first-order valence-electron chi connectivity index (χ1n) is 9.75. The molecule has 0 fully saturated rings. The summed E-state index contributed by atoms with van der Waals surface area (Å²) in [4.78, 5) is 0. The van der Waals surface area contributed by atoms with E-state index in [4.69, 9.17) is 21.1 Å². The van der Waals surface area contributed by atoms with Gasteiger partial charge in [0.25, 0.3) is 0 Å². The van der Waals surface area contributed by atoms with E-state index in [0.29, 0.717) is 18.2 Å². The molecule has 0 spiro atoms. The second-order valence-corrected chi connectivity index (χ2v) is 8.15. The first kappa shape index (κ1) is 21.8. The molecule has 0 saturated carbocycles. The standard InChI is InChI=1S/C24H25ClINO2/c1-3-18-9-6-8-12-22(18)27-15-17-13-21(26)24(23(14-17)28-4-2)29-16-19-10-5-7-11-20(19)25/h5-14,27H,3-4,15-16H2,1-2H3. The van der Waals surface area contributed by atoms with Crippen molar-refractivity contribution >= 4 is 39.9 Å². The first-order chi connectivity index (χ1) is 14.1. The fourth-order valence-electron chi connectivity index (χ4n) is 3.09. The second-order valence-electron chi connectivity index (χ2n) is 6.58. The van der Waals surface area contributed by atoms with E-state index in [1.165, 1.54) is 11.3 Å². The van der Waals surface area contributed by atoms with Gasteiger partial charge in [-0.25, -0.2) is 0 Å². The molecule has 1 N–H and O–H groups in total. The van der Waals surface area contributed by atoms with Crippen LogP contribution in [0.2, 0.25) is 5.02 Å². The van der Waals surface area contributed by atoms with E-state index in [0.717, 1.165) is 39.2 Å². The van der Waals surface area contributed by atoms with Crippen LogP contribution in [-0.4, -0.2) is 6.61 Å². The summed E-state index contributed by atoms with van der Waals surface area (Å²) >= 11 is 8.56. The number of hydrogen-bond acceptors (Lipinski definition) is 3. The molecule has 0 unspecified atom stereocenters. The number of halogens is 2. The van der Waals surface area contributed by atoms with Crippen LogP contribution in [0.25, 0.3) is 0 Å². The van der Waals surface area contributed by atoms with Gasteiger partial charge in [0, 0.05) is 22.8 Å². The highest BCUT2D eigenvalue weighted by Gasteiger charge is 2.13. The van der Waals surface area contributed by atoms with Crippen molar-refractivity contribution in [3.8, 4) is 11.5 Å². The molecule has 0 aliphatic carbocycles. The molecule has 0 radical (unpaired) electrons. The van der Waals surface area contributed by atoms with Gasteiger partial charge < -0.3 is 14.8 Å². The summed E-state index contributed by atoms with van der Waals surface area (Å²) in [6.07, 6.45) is 1.000. The van der Waals surface area contributed by atoms with E-state index < -0.39 is 0 Å². The Labute approximate surface area is 191 Å². The summed E-state index contributed by atoms with van der Waals surface area (Å²) in [5.41, 5.74) is 4.58. The van der Waals surface area contributed by atoms with E-state index in [9.17, 15) is 0 Å². The Bertz CT molecular complexity index is 961. The smallest absolute Gasteiger partial charge is 0.174 e. The molecule has 0 aliphatic rings. The quantitative estimate of drug-likeness (QED) is 0.305. The molecule has 3 aromatic carbocycles. The summed E-state index contributed by atoms with van der Waals surface area (Å²) in [5.74, 6) is 1.51. The molecule has 0 bridgehead atoms. The molecule has 0 saturated heterocycles. The van der Waals surface area contributed by atoms with Crippen molar-refractivity contribution in [3.05, 3.63) is 85.9 Å². The van der Waals surface area contributed by atoms with Gasteiger partial charge in [-0.05, 0) is 71.3 Å². The van der Waals surface area contributed by atoms with Crippen molar-refractivity contribution in [3.63, 3.8) is 0 Å². The Kier molecular flexibility index (Phi) is 8.07. The van der Waals surface area contributed by atoms with Crippen LogP contribution in [0, 0.1) is 3.57 Å². The summed E-state index contributed by atoms with van der Waals surface area (Å²) < 4.78 is 13.0. The Morgan fingerprint density at radius 2 is 1.66 bits per heavy atom. The molecule has 0 atom stereocenters. The van der Waals surface area contributed by atoms with Gasteiger partial charge in [0.15, 0.2) is 11.5 Å². The van der Waals surface area contributed by atoms with Gasteiger partial charge in [-0.2, -0.15) is 0 Å². The van der Waals surface area contributed by atoms with E-state index in [-0.39, 0.29) is 0 Å². The summed E-state index contributed by atoms with van der Waals surface area (Å²) in [7, 11) is 0. The zero-order valence-corrected chi connectivity index (χ0v) is 19.6. The number of anilines is 1. The molecule has 3 aromatic rings. The third-order valence-corrected chi connectivity index (χ3v) is 5.75. The van der Waals surface area contributed by atoms with Gasteiger partial charge in [-0.15, -0.1) is 0 Å². The fraction of sp³-hybridized carbons (Fsp3) is 0.250. The zero-order chi connectivity index (χ0) is 20.6. The number of hydrogen-bond donors (Lipinski definition) is 1. The Hall–Kier alpha value is -1.92. The van der Waals surface area contributed by atoms with Gasteiger partial charge in [-0.1, -0.05) is 54.9 Å². The Morgan fingerprint density at radius 1 is 0.931 bits per heavy atom. The molecule has 152 valence electrons. The van der Waals surface area contributed by atoms with Crippen LogP contribution in [0.4, 0.5) is 5.69 Å². The molecule has 3 nitrogen and oxygen atoms in total. The largest absolute Gasteiger partial charge is 0.490 e. The van der Waals surface area contributed by atoms with Gasteiger partial charge in [-0.3, -0.25) is 0 Å². The van der Waals surface area contributed by atoms with E-state index >= 15 is 0 Å². The second kappa shape index (κ2) is 10.7. The average molecular weight is 522 g/mol. The lowest BCUT2D eigenvalue weighted by atomic mass is 10.1. The average Bonchev–Trinajstić information content (AvgIpc) is 2.73. The molecule has 29 heavy (non-hydrogen) atoms. The lowest BCUT2D eigenvalue weighted by Crippen LogP contribution is -2.06. The van der Waals surface area contributed by atoms with Crippen molar-refractivity contribution in [1.29, 1.82) is 0 Å². The predicted octanol–water partition coefficient (Wildman–Crippen LogP) is 7.10. The maximum absolute atomic E-state index is 6.26. The normalized spacial score (nSPS) is 10.6. The fourth-order valence-corrected chi connectivity index (χ4v) is 4.10. The first-order valence-corrected chi connectivity index (χ1v) is 11.2. The van der Waals surface area contributed by atoms with Crippen LogP contribution in [0.3, 0.4) is 0 Å². The minimum atomic E-state index is 0.400. The minimum Gasteiger partial charge on any atom is -0.490 e. The molecule has 5 heteroatoms. The van der Waals surface area contributed by atoms with Crippen molar-refractivity contribution in [2.24, 2.45) is 0 Å². The van der Waals surface area contributed by atoms with Crippen LogP contribution >= 0.6 is 34.2 Å². The van der Waals surface area contributed by atoms with Crippen LogP contribution in [0.5, 0.6) is 11.5 Å². The Morgan fingerprint density at radius 3 is 2.38 bits per heavy atom.